The summed E-state index contributed by atoms with van der Waals surface area (Å²) >= 11 is 0. The summed E-state index contributed by atoms with van der Waals surface area (Å²) in [5, 5.41) is 4.92. The second kappa shape index (κ2) is 5.47. The van der Waals surface area contributed by atoms with E-state index in [-0.39, 0.29) is 18.0 Å². The highest BCUT2D eigenvalue weighted by Gasteiger charge is 2.64. The van der Waals surface area contributed by atoms with Gasteiger partial charge >= 0.3 is 12.2 Å². The second-order valence-corrected chi connectivity index (χ2v) is 6.70. The van der Waals surface area contributed by atoms with Crippen LogP contribution in [0.1, 0.15) is 34.6 Å². The molecule has 122 valence electrons. The quantitative estimate of drug-likeness (QED) is 0.780. The molecule has 1 rings (SSSR count). The van der Waals surface area contributed by atoms with Gasteiger partial charge in [0.15, 0.2) is 0 Å². The predicted octanol–water partition coefficient (Wildman–Crippen LogP) is 1.88. The fourth-order valence-corrected chi connectivity index (χ4v) is 1.91. The maximum atomic E-state index is 12.9. The zero-order valence-electron chi connectivity index (χ0n) is 12.9. The van der Waals surface area contributed by atoms with Crippen LogP contribution in [-0.2, 0) is 4.79 Å². The molecule has 0 aromatic carbocycles. The van der Waals surface area contributed by atoms with Crippen LogP contribution in [0.4, 0.5) is 18.0 Å². The minimum atomic E-state index is -4.82. The molecule has 3 amide bonds. The van der Waals surface area contributed by atoms with Gasteiger partial charge in [-0.3, -0.25) is 9.69 Å². The third-order valence-corrected chi connectivity index (χ3v) is 3.32. The standard InChI is InChI=1S/C13H22F3N3O2/c1-8(6-17-11(2,3)4)7-19-9(20)12(5,13(14,15)16)18-10(19)21/h8,17H,6-7H2,1-5H3,(H,18,21). The maximum absolute atomic E-state index is 12.9. The second-order valence-electron chi connectivity index (χ2n) is 6.70. The SMILES string of the molecule is CC(CNC(C)(C)C)CN1C(=O)NC(C)(C(F)(F)F)C1=O. The number of hydrogen-bond acceptors (Lipinski definition) is 3. The summed E-state index contributed by atoms with van der Waals surface area (Å²) in [5.74, 6) is -1.41. The lowest BCUT2D eigenvalue weighted by Gasteiger charge is -2.26. The first-order valence-electron chi connectivity index (χ1n) is 6.74. The van der Waals surface area contributed by atoms with E-state index in [1.165, 1.54) is 0 Å². The lowest BCUT2D eigenvalue weighted by Crippen LogP contribution is -2.56. The van der Waals surface area contributed by atoms with Gasteiger partial charge in [-0.15, -0.1) is 0 Å². The van der Waals surface area contributed by atoms with Crippen LogP contribution < -0.4 is 10.6 Å². The van der Waals surface area contributed by atoms with Crippen molar-refractivity contribution in [3.05, 3.63) is 0 Å². The van der Waals surface area contributed by atoms with Crippen LogP contribution in [0, 0.1) is 5.92 Å². The molecule has 1 fully saturated rings. The van der Waals surface area contributed by atoms with Crippen molar-refractivity contribution in [3.63, 3.8) is 0 Å². The molecule has 21 heavy (non-hydrogen) atoms. The third kappa shape index (κ3) is 3.87. The lowest BCUT2D eigenvalue weighted by atomic mass is 10.0. The molecule has 0 aliphatic carbocycles. The molecular weight excluding hydrogens is 287 g/mol. The Bertz CT molecular complexity index is 431. The molecule has 2 N–H and O–H groups in total. The van der Waals surface area contributed by atoms with Crippen molar-refractivity contribution in [2.75, 3.05) is 13.1 Å². The number of halogens is 3. The number of alkyl halides is 3. The van der Waals surface area contributed by atoms with Gasteiger partial charge in [0.05, 0.1) is 0 Å². The Morgan fingerprint density at radius 2 is 1.81 bits per heavy atom. The number of hydrogen-bond donors (Lipinski definition) is 2. The lowest BCUT2D eigenvalue weighted by molar-refractivity contribution is -0.191. The number of rotatable bonds is 4. The summed E-state index contributed by atoms with van der Waals surface area (Å²) in [6.45, 7) is 8.74. The van der Waals surface area contributed by atoms with Crippen LogP contribution in [0.5, 0.6) is 0 Å². The Balaban J connectivity index is 2.73. The molecule has 1 saturated heterocycles. The Kier molecular flexibility index (Phi) is 4.62. The number of amides is 3. The van der Waals surface area contributed by atoms with E-state index in [9.17, 15) is 22.8 Å². The Morgan fingerprint density at radius 3 is 2.19 bits per heavy atom. The van der Waals surface area contributed by atoms with Crippen LogP contribution >= 0.6 is 0 Å². The summed E-state index contributed by atoms with van der Waals surface area (Å²) in [5.41, 5.74) is -2.98. The number of carbonyl (C=O) groups excluding carboxylic acids is 2. The van der Waals surface area contributed by atoms with Gasteiger partial charge in [0.25, 0.3) is 5.91 Å². The molecule has 1 heterocycles. The molecule has 0 saturated carbocycles. The van der Waals surface area contributed by atoms with Crippen molar-refractivity contribution in [3.8, 4) is 0 Å². The Morgan fingerprint density at radius 1 is 1.29 bits per heavy atom. The molecule has 0 aromatic heterocycles. The predicted molar refractivity (Wildman–Crippen MR) is 71.6 cm³/mol. The fraction of sp³-hybridized carbons (Fsp3) is 0.846. The highest BCUT2D eigenvalue weighted by molar-refractivity contribution is 6.07. The smallest absolute Gasteiger partial charge is 0.316 e. The van der Waals surface area contributed by atoms with Crippen LogP contribution in [0.15, 0.2) is 0 Å². The van der Waals surface area contributed by atoms with E-state index < -0.39 is 23.7 Å². The van der Waals surface area contributed by atoms with Gasteiger partial charge in [0, 0.05) is 12.1 Å². The van der Waals surface area contributed by atoms with Crippen molar-refractivity contribution < 1.29 is 22.8 Å². The molecule has 0 aromatic rings. The average molecular weight is 309 g/mol. The van der Waals surface area contributed by atoms with Crippen molar-refractivity contribution in [1.82, 2.24) is 15.5 Å². The van der Waals surface area contributed by atoms with Gasteiger partial charge in [-0.2, -0.15) is 13.2 Å². The largest absolute Gasteiger partial charge is 0.420 e. The zero-order chi connectivity index (χ0) is 16.6. The first kappa shape index (κ1) is 17.7. The van der Waals surface area contributed by atoms with E-state index in [1.807, 2.05) is 20.8 Å². The Hall–Kier alpha value is -1.31. The monoisotopic (exact) mass is 309 g/mol. The minimum Gasteiger partial charge on any atom is -0.316 e. The molecule has 0 radical (unpaired) electrons. The van der Waals surface area contributed by atoms with Crippen LogP contribution in [-0.4, -0.2) is 47.2 Å². The van der Waals surface area contributed by atoms with Gasteiger partial charge < -0.3 is 10.6 Å². The van der Waals surface area contributed by atoms with Gasteiger partial charge in [-0.25, -0.2) is 4.79 Å². The van der Waals surface area contributed by atoms with E-state index in [1.54, 1.807) is 12.2 Å². The first-order valence-corrected chi connectivity index (χ1v) is 6.74. The summed E-state index contributed by atoms with van der Waals surface area (Å²) in [6.07, 6.45) is -4.82. The van der Waals surface area contributed by atoms with E-state index >= 15 is 0 Å². The van der Waals surface area contributed by atoms with Crippen molar-refractivity contribution in [2.24, 2.45) is 5.92 Å². The number of urea groups is 1. The third-order valence-electron chi connectivity index (χ3n) is 3.32. The van der Waals surface area contributed by atoms with E-state index in [0.717, 1.165) is 0 Å². The molecular formula is C13H22F3N3O2. The number of nitrogens with zero attached hydrogens (tertiary/aromatic N) is 1. The minimum absolute atomic E-state index is 0.0561. The normalized spacial score (nSPS) is 25.2. The summed E-state index contributed by atoms with van der Waals surface area (Å²) in [6, 6.07) is -0.998. The Labute approximate surface area is 122 Å². The highest BCUT2D eigenvalue weighted by atomic mass is 19.4. The molecule has 2 atom stereocenters. The van der Waals surface area contributed by atoms with E-state index in [0.29, 0.717) is 18.4 Å². The zero-order valence-corrected chi connectivity index (χ0v) is 12.9. The van der Waals surface area contributed by atoms with Crippen LogP contribution in [0.2, 0.25) is 0 Å². The van der Waals surface area contributed by atoms with E-state index in [4.69, 9.17) is 0 Å². The van der Waals surface area contributed by atoms with Gasteiger partial charge in [-0.1, -0.05) is 6.92 Å². The molecule has 1 aliphatic rings. The maximum Gasteiger partial charge on any atom is 0.420 e. The molecule has 5 nitrogen and oxygen atoms in total. The first-order chi connectivity index (χ1) is 9.28. The van der Waals surface area contributed by atoms with Gasteiger partial charge in [-0.05, 0) is 40.2 Å². The summed E-state index contributed by atoms with van der Waals surface area (Å²) < 4.78 is 38.7. The molecule has 0 spiro atoms. The number of nitrogens with one attached hydrogen (secondary N) is 2. The van der Waals surface area contributed by atoms with Gasteiger partial charge in [0.1, 0.15) is 0 Å². The fourth-order valence-electron chi connectivity index (χ4n) is 1.91. The summed E-state index contributed by atoms with van der Waals surface area (Å²) in [7, 11) is 0. The van der Waals surface area contributed by atoms with Crippen LogP contribution in [0.25, 0.3) is 0 Å². The highest BCUT2D eigenvalue weighted by Crippen LogP contribution is 2.35. The van der Waals surface area contributed by atoms with Crippen molar-refractivity contribution >= 4 is 11.9 Å². The molecule has 8 heteroatoms. The topological polar surface area (TPSA) is 61.4 Å². The average Bonchev–Trinajstić information content (AvgIpc) is 2.50. The number of carbonyl (C=O) groups is 2. The van der Waals surface area contributed by atoms with Gasteiger partial charge in [0.2, 0.25) is 5.54 Å². The van der Waals surface area contributed by atoms with Crippen molar-refractivity contribution in [2.45, 2.75) is 51.9 Å². The molecule has 1 aliphatic heterocycles. The molecule has 0 bridgehead atoms. The van der Waals surface area contributed by atoms with E-state index in [2.05, 4.69) is 5.32 Å². The van der Waals surface area contributed by atoms with Crippen LogP contribution in [0.3, 0.4) is 0 Å². The summed E-state index contributed by atoms with van der Waals surface area (Å²) in [4.78, 5) is 24.2. The molecule has 2 unspecified atom stereocenters. The van der Waals surface area contributed by atoms with Crippen molar-refractivity contribution in [1.29, 1.82) is 0 Å². The number of imide groups is 1.